The molecular formula is C28H33BrN4O2. The number of nitrogens with one attached hydrogen (secondary N) is 1. The van der Waals surface area contributed by atoms with Crippen molar-refractivity contribution < 1.29 is 4.74 Å². The minimum atomic E-state index is -0.221. The van der Waals surface area contributed by atoms with Gasteiger partial charge < -0.3 is 9.72 Å². The lowest BCUT2D eigenvalue weighted by molar-refractivity contribution is 0.304. The fourth-order valence-electron chi connectivity index (χ4n) is 4.22. The third-order valence-electron chi connectivity index (χ3n) is 6.19. The number of hydrogen-bond donors (Lipinski definition) is 1. The number of H-pyrrole nitrogens is 1. The van der Waals surface area contributed by atoms with Crippen molar-refractivity contribution in [1.29, 1.82) is 0 Å². The number of nitrogens with zero attached hydrogens (tertiary/aromatic N) is 3. The van der Waals surface area contributed by atoms with Crippen LogP contribution in [0.25, 0.3) is 21.9 Å². The van der Waals surface area contributed by atoms with Crippen molar-refractivity contribution in [2.75, 3.05) is 6.61 Å². The summed E-state index contributed by atoms with van der Waals surface area (Å²) in [5.74, 6) is 1.38. The molecule has 4 aromatic rings. The maximum Gasteiger partial charge on any atom is 0.298 e. The van der Waals surface area contributed by atoms with Gasteiger partial charge in [0.05, 0.1) is 12.8 Å². The van der Waals surface area contributed by atoms with Crippen LogP contribution in [0.4, 0.5) is 0 Å². The number of benzene rings is 2. The van der Waals surface area contributed by atoms with E-state index < -0.39 is 0 Å². The highest BCUT2D eigenvalue weighted by Gasteiger charge is 2.13. The van der Waals surface area contributed by atoms with Gasteiger partial charge in [-0.05, 0) is 61.4 Å². The normalized spacial score (nSPS) is 11.7. The van der Waals surface area contributed by atoms with Crippen LogP contribution in [0, 0.1) is 6.92 Å². The van der Waals surface area contributed by atoms with E-state index in [0.29, 0.717) is 16.9 Å². The lowest BCUT2D eigenvalue weighted by Gasteiger charge is -2.07. The maximum atomic E-state index is 13.1. The first-order valence-electron chi connectivity index (χ1n) is 12.5. The van der Waals surface area contributed by atoms with E-state index in [1.165, 1.54) is 49.6 Å². The second kappa shape index (κ2) is 12.2. The Morgan fingerprint density at radius 2 is 1.74 bits per heavy atom. The van der Waals surface area contributed by atoms with Gasteiger partial charge in [-0.15, -0.1) is 0 Å². The predicted octanol–water partition coefficient (Wildman–Crippen LogP) is 7.35. The van der Waals surface area contributed by atoms with Crippen LogP contribution in [0.15, 0.2) is 56.8 Å². The summed E-state index contributed by atoms with van der Waals surface area (Å²) in [5, 5.41) is 5.32. The number of ether oxygens (including phenoxy) is 1. The Bertz CT molecular complexity index is 1360. The van der Waals surface area contributed by atoms with Gasteiger partial charge in [-0.25, -0.2) is 4.98 Å². The second-order valence-corrected chi connectivity index (χ2v) is 9.87. The molecule has 4 rings (SSSR count). The Balaban J connectivity index is 1.35. The first-order valence-corrected chi connectivity index (χ1v) is 13.3. The van der Waals surface area contributed by atoms with Crippen LogP contribution >= 0.6 is 15.9 Å². The molecule has 0 radical (unpaired) electrons. The largest absolute Gasteiger partial charge is 0.494 e. The highest BCUT2D eigenvalue weighted by atomic mass is 79.9. The average molecular weight is 538 g/mol. The van der Waals surface area contributed by atoms with Crippen LogP contribution in [0.5, 0.6) is 5.75 Å². The second-order valence-electron chi connectivity index (χ2n) is 8.95. The minimum Gasteiger partial charge on any atom is -0.494 e. The van der Waals surface area contributed by atoms with E-state index in [-0.39, 0.29) is 5.56 Å². The maximum absolute atomic E-state index is 13.1. The molecule has 0 aliphatic carbocycles. The zero-order valence-electron chi connectivity index (χ0n) is 20.5. The quantitative estimate of drug-likeness (QED) is 0.152. The van der Waals surface area contributed by atoms with E-state index in [4.69, 9.17) is 4.74 Å². The number of aromatic amines is 1. The summed E-state index contributed by atoms with van der Waals surface area (Å²) in [6.45, 7) is 4.78. The standard InChI is InChI=1S/C28H33BrN4O2/c1-3-4-5-6-7-8-9-10-17-35-23-14-11-21(12-15-23)19-30-33-20(2)31-26-24-18-22(29)13-16-25(24)32-27(26)28(33)34/h11-16,18-19,32H,3-10,17H2,1-2H3/b30-19-. The van der Waals surface area contributed by atoms with Crippen LogP contribution in [0.2, 0.25) is 0 Å². The SMILES string of the molecule is CCCCCCCCCCOc1ccc(/C=N\n2c(C)nc3c([nH]c4ccc(Br)cc43)c2=O)cc1. The molecule has 0 aliphatic heterocycles. The summed E-state index contributed by atoms with van der Waals surface area (Å²) in [6, 6.07) is 13.6. The highest BCUT2D eigenvalue weighted by molar-refractivity contribution is 9.10. The Hall–Kier alpha value is -2.93. The zero-order chi connectivity index (χ0) is 24.6. The van der Waals surface area contributed by atoms with Gasteiger partial charge in [-0.2, -0.15) is 9.78 Å². The Morgan fingerprint density at radius 3 is 2.49 bits per heavy atom. The molecule has 0 saturated heterocycles. The minimum absolute atomic E-state index is 0.221. The van der Waals surface area contributed by atoms with E-state index >= 15 is 0 Å². The van der Waals surface area contributed by atoms with Crippen molar-refractivity contribution in [2.45, 2.75) is 65.2 Å². The molecular weight excluding hydrogens is 504 g/mol. The molecule has 0 bridgehead atoms. The Kier molecular flexibility index (Phi) is 8.74. The van der Waals surface area contributed by atoms with Crippen LogP contribution in [0.1, 0.15) is 69.7 Å². The van der Waals surface area contributed by atoms with Gasteiger partial charge in [0.25, 0.3) is 5.56 Å². The molecule has 6 nitrogen and oxygen atoms in total. The van der Waals surface area contributed by atoms with E-state index in [1.807, 2.05) is 42.5 Å². The van der Waals surface area contributed by atoms with Crippen LogP contribution in [0.3, 0.4) is 0 Å². The fraction of sp³-hybridized carbons (Fsp3) is 0.393. The first-order chi connectivity index (χ1) is 17.1. The number of aromatic nitrogens is 3. The Labute approximate surface area is 214 Å². The van der Waals surface area contributed by atoms with Crippen LogP contribution < -0.4 is 10.3 Å². The molecule has 184 valence electrons. The molecule has 7 heteroatoms. The summed E-state index contributed by atoms with van der Waals surface area (Å²) in [6.07, 6.45) is 12.0. The smallest absolute Gasteiger partial charge is 0.298 e. The molecule has 1 N–H and O–H groups in total. The molecule has 2 heterocycles. The summed E-state index contributed by atoms with van der Waals surface area (Å²) in [5.41, 5.74) is 2.65. The van der Waals surface area contributed by atoms with Crippen molar-refractivity contribution in [3.05, 3.63) is 68.7 Å². The van der Waals surface area contributed by atoms with E-state index in [1.54, 1.807) is 13.1 Å². The van der Waals surface area contributed by atoms with E-state index in [2.05, 4.69) is 37.9 Å². The topological polar surface area (TPSA) is 72.3 Å². The number of aryl methyl sites for hydroxylation is 1. The summed E-state index contributed by atoms with van der Waals surface area (Å²) >= 11 is 3.49. The summed E-state index contributed by atoms with van der Waals surface area (Å²) in [4.78, 5) is 20.9. The number of rotatable bonds is 12. The van der Waals surface area contributed by atoms with Crippen molar-refractivity contribution in [3.8, 4) is 5.75 Å². The third-order valence-corrected chi connectivity index (χ3v) is 6.68. The molecule has 0 saturated carbocycles. The van der Waals surface area contributed by atoms with E-state index in [0.717, 1.165) is 39.7 Å². The molecule has 0 unspecified atom stereocenters. The molecule has 0 amide bonds. The van der Waals surface area contributed by atoms with Gasteiger partial charge in [0.2, 0.25) is 0 Å². The monoisotopic (exact) mass is 536 g/mol. The number of hydrogen-bond acceptors (Lipinski definition) is 4. The number of unbranched alkanes of at least 4 members (excludes halogenated alkanes) is 7. The molecule has 0 atom stereocenters. The van der Waals surface area contributed by atoms with Gasteiger partial charge in [-0.3, -0.25) is 4.79 Å². The van der Waals surface area contributed by atoms with Gasteiger partial charge in [0.15, 0.2) is 0 Å². The van der Waals surface area contributed by atoms with Gasteiger partial charge in [0, 0.05) is 15.4 Å². The lowest BCUT2D eigenvalue weighted by atomic mass is 10.1. The van der Waals surface area contributed by atoms with Crippen molar-refractivity contribution >= 4 is 44.1 Å². The summed E-state index contributed by atoms with van der Waals surface area (Å²) in [7, 11) is 0. The third kappa shape index (κ3) is 6.40. The van der Waals surface area contributed by atoms with Crippen molar-refractivity contribution in [2.24, 2.45) is 5.10 Å². The summed E-state index contributed by atoms with van der Waals surface area (Å²) < 4.78 is 8.15. The van der Waals surface area contributed by atoms with Crippen LogP contribution in [-0.2, 0) is 0 Å². The van der Waals surface area contributed by atoms with Gasteiger partial charge >= 0.3 is 0 Å². The van der Waals surface area contributed by atoms with Gasteiger partial charge in [-0.1, -0.05) is 67.8 Å². The van der Waals surface area contributed by atoms with E-state index in [9.17, 15) is 4.79 Å². The number of fused-ring (bicyclic) bond motifs is 3. The van der Waals surface area contributed by atoms with Crippen LogP contribution in [-0.4, -0.2) is 27.5 Å². The van der Waals surface area contributed by atoms with Crippen molar-refractivity contribution in [1.82, 2.24) is 14.6 Å². The predicted molar refractivity (Wildman–Crippen MR) is 148 cm³/mol. The molecule has 2 aromatic heterocycles. The highest BCUT2D eigenvalue weighted by Crippen LogP contribution is 2.25. The van der Waals surface area contributed by atoms with Crippen molar-refractivity contribution in [3.63, 3.8) is 0 Å². The Morgan fingerprint density at radius 1 is 1.03 bits per heavy atom. The lowest BCUT2D eigenvalue weighted by Crippen LogP contribution is -2.20. The molecule has 2 aromatic carbocycles. The number of halogens is 1. The molecule has 0 spiro atoms. The zero-order valence-corrected chi connectivity index (χ0v) is 22.1. The first kappa shape index (κ1) is 25.2. The molecule has 0 aliphatic rings. The van der Waals surface area contributed by atoms with Gasteiger partial charge in [0.1, 0.15) is 22.6 Å². The molecule has 0 fully saturated rings. The molecule has 35 heavy (non-hydrogen) atoms. The average Bonchev–Trinajstić information content (AvgIpc) is 3.21. The fourth-order valence-corrected chi connectivity index (χ4v) is 4.58.